The molecule has 1 N–H and O–H groups in total. The lowest BCUT2D eigenvalue weighted by molar-refractivity contribution is 0.386. The summed E-state index contributed by atoms with van der Waals surface area (Å²) in [5.41, 5.74) is 1.79. The van der Waals surface area contributed by atoms with E-state index < -0.39 is 0 Å². The van der Waals surface area contributed by atoms with Gasteiger partial charge in [0.05, 0.1) is 5.52 Å². The van der Waals surface area contributed by atoms with Gasteiger partial charge in [0.15, 0.2) is 16.2 Å². The molecule has 0 fully saturated rings. The van der Waals surface area contributed by atoms with Crippen LogP contribution in [0, 0.1) is 11.7 Å². The second kappa shape index (κ2) is 4.34. The van der Waals surface area contributed by atoms with Crippen LogP contribution in [0.4, 0.5) is 0 Å². The summed E-state index contributed by atoms with van der Waals surface area (Å²) in [4.78, 5) is 11.6. The van der Waals surface area contributed by atoms with Crippen molar-refractivity contribution in [3.63, 3.8) is 0 Å². The number of pyridine rings is 1. The number of nitrogens with zero attached hydrogens (tertiary/aromatic N) is 4. The summed E-state index contributed by atoms with van der Waals surface area (Å²) in [6.45, 7) is 2.45. The van der Waals surface area contributed by atoms with Gasteiger partial charge in [-0.1, -0.05) is 5.16 Å². The molecule has 0 unspecified atom stereocenters. The molecule has 3 heterocycles. The van der Waals surface area contributed by atoms with Crippen LogP contribution >= 0.6 is 12.2 Å². The Morgan fingerprint density at radius 2 is 2.39 bits per heavy atom. The smallest absolute Gasteiger partial charge is 0.223 e. The average molecular weight is 261 g/mol. The van der Waals surface area contributed by atoms with E-state index in [0.29, 0.717) is 29.5 Å². The number of fused-ring (bicyclic) bond motifs is 1. The third-order valence-corrected chi connectivity index (χ3v) is 2.98. The van der Waals surface area contributed by atoms with E-state index in [1.54, 1.807) is 13.1 Å². The average Bonchev–Trinajstić information content (AvgIpc) is 2.90. The Kier molecular flexibility index (Phi) is 2.67. The number of imidazole rings is 1. The summed E-state index contributed by atoms with van der Waals surface area (Å²) in [7, 11) is 0. The largest absolute Gasteiger partial charge is 0.340 e. The molecule has 92 valence electrons. The number of hydrogen-bond acceptors (Lipinski definition) is 5. The Labute approximate surface area is 108 Å². The second-order valence-electron chi connectivity index (χ2n) is 3.94. The van der Waals surface area contributed by atoms with E-state index in [-0.39, 0.29) is 0 Å². The van der Waals surface area contributed by atoms with Crippen LogP contribution in [0.3, 0.4) is 0 Å². The Morgan fingerprint density at radius 1 is 1.50 bits per heavy atom. The van der Waals surface area contributed by atoms with Crippen molar-refractivity contribution in [2.75, 3.05) is 0 Å². The number of H-pyrrole nitrogens is 1. The van der Waals surface area contributed by atoms with Crippen LogP contribution in [0.25, 0.3) is 11.2 Å². The molecular formula is C11H11N5OS. The van der Waals surface area contributed by atoms with Gasteiger partial charge in [-0.25, -0.2) is 4.98 Å². The molecule has 0 aliphatic rings. The summed E-state index contributed by atoms with van der Waals surface area (Å²) in [6.07, 6.45) is 2.41. The van der Waals surface area contributed by atoms with Crippen LogP contribution in [0.2, 0.25) is 0 Å². The second-order valence-corrected chi connectivity index (χ2v) is 4.32. The van der Waals surface area contributed by atoms with E-state index in [4.69, 9.17) is 16.7 Å². The van der Waals surface area contributed by atoms with Crippen molar-refractivity contribution in [1.82, 2.24) is 24.7 Å². The van der Waals surface area contributed by atoms with Crippen LogP contribution in [0.5, 0.6) is 0 Å². The molecule has 0 amide bonds. The molecule has 3 aromatic rings. The molecular weight excluding hydrogens is 250 g/mol. The maximum Gasteiger partial charge on any atom is 0.223 e. The third-order valence-electron chi connectivity index (χ3n) is 2.66. The van der Waals surface area contributed by atoms with E-state index in [0.717, 1.165) is 11.2 Å². The van der Waals surface area contributed by atoms with Gasteiger partial charge in [0.2, 0.25) is 5.89 Å². The fourth-order valence-electron chi connectivity index (χ4n) is 1.85. The highest BCUT2D eigenvalue weighted by molar-refractivity contribution is 7.71. The molecule has 0 spiro atoms. The van der Waals surface area contributed by atoms with Gasteiger partial charge in [-0.15, -0.1) is 0 Å². The third kappa shape index (κ3) is 1.92. The lowest BCUT2D eigenvalue weighted by atomic mass is 10.4. The van der Waals surface area contributed by atoms with E-state index in [1.807, 2.05) is 16.7 Å². The summed E-state index contributed by atoms with van der Waals surface area (Å²) >= 11 is 5.28. The molecule has 18 heavy (non-hydrogen) atoms. The minimum Gasteiger partial charge on any atom is -0.340 e. The molecule has 0 radical (unpaired) electrons. The lowest BCUT2D eigenvalue weighted by Crippen LogP contribution is -2.03. The molecule has 0 saturated heterocycles. The van der Waals surface area contributed by atoms with Crippen molar-refractivity contribution in [1.29, 1.82) is 0 Å². The molecule has 0 aliphatic carbocycles. The van der Waals surface area contributed by atoms with Gasteiger partial charge in [0.1, 0.15) is 0 Å². The van der Waals surface area contributed by atoms with Gasteiger partial charge in [-0.3, -0.25) is 0 Å². The summed E-state index contributed by atoms with van der Waals surface area (Å²) in [5, 5.41) is 3.86. The van der Waals surface area contributed by atoms with Crippen LogP contribution < -0.4 is 0 Å². The maximum atomic E-state index is 5.28. The quantitative estimate of drug-likeness (QED) is 0.730. The molecule has 0 aromatic carbocycles. The topological polar surface area (TPSA) is 72.5 Å². The fourth-order valence-corrected chi connectivity index (χ4v) is 2.14. The van der Waals surface area contributed by atoms with Crippen LogP contribution in [0.15, 0.2) is 22.9 Å². The molecule has 0 aliphatic heterocycles. The number of aryl methyl sites for hydroxylation is 3. The first-order valence-electron chi connectivity index (χ1n) is 5.57. The minimum absolute atomic E-state index is 0.575. The maximum absolute atomic E-state index is 5.28. The highest BCUT2D eigenvalue weighted by Gasteiger charge is 2.07. The van der Waals surface area contributed by atoms with E-state index in [2.05, 4.69) is 20.1 Å². The Hall–Kier alpha value is -2.02. The normalized spacial score (nSPS) is 11.2. The zero-order chi connectivity index (χ0) is 12.5. The molecule has 0 atom stereocenters. The molecule has 3 aromatic heterocycles. The van der Waals surface area contributed by atoms with Crippen molar-refractivity contribution in [3.8, 4) is 0 Å². The van der Waals surface area contributed by atoms with Crippen LogP contribution in [-0.2, 0) is 13.0 Å². The first-order valence-corrected chi connectivity index (χ1v) is 5.97. The zero-order valence-corrected chi connectivity index (χ0v) is 10.6. The van der Waals surface area contributed by atoms with Crippen LogP contribution in [-0.4, -0.2) is 24.7 Å². The van der Waals surface area contributed by atoms with E-state index in [1.165, 1.54) is 0 Å². The van der Waals surface area contributed by atoms with Gasteiger partial charge < -0.3 is 14.1 Å². The number of rotatable bonds is 3. The fraction of sp³-hybridized carbons (Fsp3) is 0.273. The number of aromatic amines is 1. The van der Waals surface area contributed by atoms with Crippen molar-refractivity contribution in [3.05, 3.63) is 34.8 Å². The molecule has 7 heteroatoms. The lowest BCUT2D eigenvalue weighted by Gasteiger charge is -2.00. The van der Waals surface area contributed by atoms with Gasteiger partial charge in [0, 0.05) is 26.1 Å². The van der Waals surface area contributed by atoms with Crippen LogP contribution in [0.1, 0.15) is 11.7 Å². The predicted octanol–water partition coefficient (Wildman–Crippen LogP) is 2.03. The van der Waals surface area contributed by atoms with Gasteiger partial charge in [0.25, 0.3) is 0 Å². The van der Waals surface area contributed by atoms with Gasteiger partial charge in [-0.2, -0.15) is 4.98 Å². The van der Waals surface area contributed by atoms with E-state index >= 15 is 0 Å². The summed E-state index contributed by atoms with van der Waals surface area (Å²) in [6, 6.07) is 3.83. The summed E-state index contributed by atoms with van der Waals surface area (Å²) < 4.78 is 7.53. The molecule has 3 rings (SSSR count). The first-order chi connectivity index (χ1) is 8.74. The van der Waals surface area contributed by atoms with E-state index in [9.17, 15) is 0 Å². The highest BCUT2D eigenvalue weighted by atomic mass is 32.1. The number of aromatic nitrogens is 5. The summed E-state index contributed by atoms with van der Waals surface area (Å²) in [5.74, 6) is 1.25. The predicted molar refractivity (Wildman–Crippen MR) is 67.7 cm³/mol. The standard InChI is InChI=1S/C11H11N5OS/c1-7-13-9(15-17-7)4-6-16-10-8(14-11(16)18)3-2-5-12-10/h2-3,5H,4,6H2,1H3,(H,14,18). The zero-order valence-electron chi connectivity index (χ0n) is 9.75. The van der Waals surface area contributed by atoms with Gasteiger partial charge in [-0.05, 0) is 24.4 Å². The Bertz CT molecular complexity index is 741. The van der Waals surface area contributed by atoms with Gasteiger partial charge >= 0.3 is 0 Å². The molecule has 0 bridgehead atoms. The Balaban J connectivity index is 1.90. The molecule has 0 saturated carbocycles. The number of nitrogens with one attached hydrogen (secondary N) is 1. The number of hydrogen-bond donors (Lipinski definition) is 1. The van der Waals surface area contributed by atoms with Crippen molar-refractivity contribution in [2.24, 2.45) is 0 Å². The SMILES string of the molecule is Cc1nc(CCn2c(=S)[nH]c3cccnc32)no1. The molecule has 6 nitrogen and oxygen atoms in total. The Morgan fingerprint density at radius 3 is 3.17 bits per heavy atom. The van der Waals surface area contributed by atoms with Crippen molar-refractivity contribution >= 4 is 23.4 Å². The monoisotopic (exact) mass is 261 g/mol. The van der Waals surface area contributed by atoms with Crippen molar-refractivity contribution in [2.45, 2.75) is 19.9 Å². The highest BCUT2D eigenvalue weighted by Crippen LogP contribution is 2.11. The minimum atomic E-state index is 0.575. The first kappa shape index (κ1) is 11.1. The van der Waals surface area contributed by atoms with Crippen molar-refractivity contribution < 1.29 is 4.52 Å².